The van der Waals surface area contributed by atoms with Crippen molar-refractivity contribution in [2.24, 2.45) is 23.3 Å². The molecule has 0 bridgehead atoms. The fourth-order valence-corrected chi connectivity index (χ4v) is 2.08. The third-order valence-electron chi connectivity index (χ3n) is 3.11. The molecule has 0 aromatic carbocycles. The molecule has 0 radical (unpaired) electrons. The van der Waals surface area contributed by atoms with Gasteiger partial charge in [0.1, 0.15) is 0 Å². The van der Waals surface area contributed by atoms with E-state index in [0.29, 0.717) is 19.0 Å². The fourth-order valence-electron chi connectivity index (χ4n) is 2.08. The lowest BCUT2D eigenvalue weighted by Gasteiger charge is -2.37. The van der Waals surface area contributed by atoms with Crippen molar-refractivity contribution >= 4 is 11.8 Å². The fraction of sp³-hybridized carbons (Fsp3) is 0.800. The van der Waals surface area contributed by atoms with E-state index in [1.54, 1.807) is 0 Å². The van der Waals surface area contributed by atoms with Gasteiger partial charge in [-0.15, -0.1) is 0 Å². The largest absolute Gasteiger partial charge is 0.369 e. The van der Waals surface area contributed by atoms with Crippen molar-refractivity contribution in [3.63, 3.8) is 0 Å². The molecule has 1 fully saturated rings. The number of amides is 2. The summed E-state index contributed by atoms with van der Waals surface area (Å²) in [4.78, 5) is 24.5. The first-order valence-corrected chi connectivity index (χ1v) is 5.26. The van der Waals surface area contributed by atoms with E-state index in [2.05, 4.69) is 18.7 Å². The van der Waals surface area contributed by atoms with Crippen LogP contribution in [0, 0.1) is 11.8 Å². The van der Waals surface area contributed by atoms with Crippen molar-refractivity contribution in [1.82, 2.24) is 4.90 Å². The number of nitrogens with two attached hydrogens (primary N) is 2. The Balaban J connectivity index is 2.74. The van der Waals surface area contributed by atoms with Crippen LogP contribution in [0.1, 0.15) is 20.3 Å². The van der Waals surface area contributed by atoms with Gasteiger partial charge in [-0.05, 0) is 26.8 Å². The molecule has 0 aromatic heterocycles. The van der Waals surface area contributed by atoms with E-state index in [-0.39, 0.29) is 0 Å². The second-order valence-electron chi connectivity index (χ2n) is 4.40. The summed E-state index contributed by atoms with van der Waals surface area (Å²) in [5, 5.41) is 0. The first-order chi connectivity index (χ1) is 6.93. The molecule has 0 aromatic rings. The van der Waals surface area contributed by atoms with Gasteiger partial charge < -0.3 is 16.4 Å². The van der Waals surface area contributed by atoms with Gasteiger partial charge in [0.2, 0.25) is 11.8 Å². The van der Waals surface area contributed by atoms with Crippen molar-refractivity contribution in [2.45, 2.75) is 26.3 Å². The molecule has 2 unspecified atom stereocenters. The molecule has 0 saturated carbocycles. The Labute approximate surface area is 89.8 Å². The maximum absolute atomic E-state index is 11.2. The predicted octanol–water partition coefficient (Wildman–Crippen LogP) is -0.696. The molecule has 1 rings (SSSR count). The summed E-state index contributed by atoms with van der Waals surface area (Å²) < 4.78 is 0. The molecule has 2 atom stereocenters. The minimum atomic E-state index is -0.432. The third-order valence-corrected chi connectivity index (χ3v) is 3.11. The Morgan fingerprint density at radius 1 is 1.20 bits per heavy atom. The van der Waals surface area contributed by atoms with Crippen LogP contribution < -0.4 is 11.5 Å². The second-order valence-corrected chi connectivity index (χ2v) is 4.40. The van der Waals surface area contributed by atoms with Gasteiger partial charge in [-0.25, -0.2) is 0 Å². The standard InChI is InChI=1S/C10H19N3O2/c1-6(2)13-4-3-7(9(11)14)8(5-13)10(12)15/h6-8H,3-5H2,1-2H3,(H2,11,14)(H2,12,15). The summed E-state index contributed by atoms with van der Waals surface area (Å²) in [6, 6.07) is 0.362. The molecular formula is C10H19N3O2. The zero-order valence-corrected chi connectivity index (χ0v) is 9.27. The molecule has 1 aliphatic rings. The monoisotopic (exact) mass is 213 g/mol. The average molecular weight is 213 g/mol. The third kappa shape index (κ3) is 2.68. The summed E-state index contributed by atoms with van der Waals surface area (Å²) in [6.45, 7) is 5.46. The Bertz CT molecular complexity index is 265. The number of carbonyl (C=O) groups is 2. The summed E-state index contributed by atoms with van der Waals surface area (Å²) in [7, 11) is 0. The number of hydrogen-bond donors (Lipinski definition) is 2. The molecule has 5 heteroatoms. The summed E-state index contributed by atoms with van der Waals surface area (Å²) in [6.07, 6.45) is 0.626. The SMILES string of the molecule is CC(C)N1CCC(C(N)=O)C(C(N)=O)C1. The van der Waals surface area contributed by atoms with Gasteiger partial charge in [-0.1, -0.05) is 0 Å². The van der Waals surface area contributed by atoms with Crippen molar-refractivity contribution in [3.8, 4) is 0 Å². The number of primary amides is 2. The highest BCUT2D eigenvalue weighted by atomic mass is 16.2. The maximum atomic E-state index is 11.2. The van der Waals surface area contributed by atoms with Crippen LogP contribution in [0.25, 0.3) is 0 Å². The number of nitrogens with zero attached hydrogens (tertiary/aromatic N) is 1. The van der Waals surface area contributed by atoms with Crippen LogP contribution in [0.4, 0.5) is 0 Å². The van der Waals surface area contributed by atoms with Crippen LogP contribution in [0.2, 0.25) is 0 Å². The first kappa shape index (κ1) is 12.0. The Hall–Kier alpha value is -1.10. The van der Waals surface area contributed by atoms with E-state index < -0.39 is 23.7 Å². The molecule has 86 valence electrons. The zero-order chi connectivity index (χ0) is 11.6. The van der Waals surface area contributed by atoms with Gasteiger partial charge in [0.05, 0.1) is 11.8 Å². The summed E-state index contributed by atoms with van der Waals surface area (Å²) >= 11 is 0. The molecule has 2 amide bonds. The Kier molecular flexibility index (Phi) is 3.68. The molecule has 1 aliphatic heterocycles. The molecule has 4 N–H and O–H groups in total. The van der Waals surface area contributed by atoms with E-state index in [1.807, 2.05) is 0 Å². The number of carbonyl (C=O) groups excluding carboxylic acids is 2. The number of hydrogen-bond acceptors (Lipinski definition) is 3. The Morgan fingerprint density at radius 3 is 2.13 bits per heavy atom. The van der Waals surface area contributed by atoms with Crippen LogP contribution in [0.5, 0.6) is 0 Å². The summed E-state index contributed by atoms with van der Waals surface area (Å²) in [5.41, 5.74) is 10.5. The van der Waals surface area contributed by atoms with E-state index in [1.165, 1.54) is 0 Å². The highest BCUT2D eigenvalue weighted by molar-refractivity contribution is 5.86. The van der Waals surface area contributed by atoms with Crippen molar-refractivity contribution in [1.29, 1.82) is 0 Å². The lowest BCUT2D eigenvalue weighted by atomic mass is 9.84. The van der Waals surface area contributed by atoms with Crippen molar-refractivity contribution < 1.29 is 9.59 Å². The van der Waals surface area contributed by atoms with Crippen LogP contribution in [0.3, 0.4) is 0 Å². The summed E-state index contributed by atoms with van der Waals surface area (Å²) in [5.74, 6) is -1.66. The highest BCUT2D eigenvalue weighted by Gasteiger charge is 2.36. The normalized spacial score (nSPS) is 27.9. The number of rotatable bonds is 3. The molecule has 1 heterocycles. The lowest BCUT2D eigenvalue weighted by molar-refractivity contribution is -0.134. The average Bonchev–Trinajstić information content (AvgIpc) is 2.16. The maximum Gasteiger partial charge on any atom is 0.222 e. The second kappa shape index (κ2) is 4.61. The lowest BCUT2D eigenvalue weighted by Crippen LogP contribution is -2.51. The van der Waals surface area contributed by atoms with Crippen molar-refractivity contribution in [2.75, 3.05) is 13.1 Å². The van der Waals surface area contributed by atoms with Crippen LogP contribution >= 0.6 is 0 Å². The molecular weight excluding hydrogens is 194 g/mol. The van der Waals surface area contributed by atoms with Crippen LogP contribution in [0.15, 0.2) is 0 Å². The van der Waals surface area contributed by atoms with E-state index in [9.17, 15) is 9.59 Å². The minimum Gasteiger partial charge on any atom is -0.369 e. The van der Waals surface area contributed by atoms with Gasteiger partial charge in [0.25, 0.3) is 0 Å². The van der Waals surface area contributed by atoms with Gasteiger partial charge in [0.15, 0.2) is 0 Å². The highest BCUT2D eigenvalue weighted by Crippen LogP contribution is 2.24. The Morgan fingerprint density at radius 2 is 1.73 bits per heavy atom. The van der Waals surface area contributed by atoms with Crippen LogP contribution in [-0.4, -0.2) is 35.8 Å². The molecule has 0 aliphatic carbocycles. The predicted molar refractivity (Wildman–Crippen MR) is 56.7 cm³/mol. The smallest absolute Gasteiger partial charge is 0.222 e. The minimum absolute atomic E-state index is 0.362. The van der Waals surface area contributed by atoms with E-state index in [4.69, 9.17) is 11.5 Å². The van der Waals surface area contributed by atoms with Gasteiger partial charge in [0, 0.05) is 12.6 Å². The molecule has 15 heavy (non-hydrogen) atoms. The van der Waals surface area contributed by atoms with Gasteiger partial charge in [-0.3, -0.25) is 9.59 Å². The quantitative estimate of drug-likeness (QED) is 0.650. The number of likely N-dealkylation sites (tertiary alicyclic amines) is 1. The first-order valence-electron chi connectivity index (χ1n) is 5.26. The number of piperidine rings is 1. The van der Waals surface area contributed by atoms with Crippen LogP contribution in [-0.2, 0) is 9.59 Å². The topological polar surface area (TPSA) is 89.4 Å². The van der Waals surface area contributed by atoms with Gasteiger partial charge >= 0.3 is 0 Å². The van der Waals surface area contributed by atoms with Gasteiger partial charge in [-0.2, -0.15) is 0 Å². The zero-order valence-electron chi connectivity index (χ0n) is 9.27. The van der Waals surface area contributed by atoms with Crippen molar-refractivity contribution in [3.05, 3.63) is 0 Å². The molecule has 1 saturated heterocycles. The molecule has 0 spiro atoms. The van der Waals surface area contributed by atoms with E-state index in [0.717, 1.165) is 6.54 Å². The van der Waals surface area contributed by atoms with E-state index >= 15 is 0 Å². The molecule has 5 nitrogen and oxygen atoms in total.